The van der Waals surface area contributed by atoms with Gasteiger partial charge in [-0.25, -0.2) is 4.79 Å². The number of carbonyl (C=O) groups is 1. The molecule has 146 valence electrons. The third-order valence-corrected chi connectivity index (χ3v) is 5.73. The standard InChI is InChI=1S/C21H23N3O3S/c1-3-14(2)15-6-8-16(9-7-15)20(17-5-4-12-28-17)22-19(26)13-24-11-10-18(25)23-21(24)27/h4-12,14,20H,3,13H2,1-2H3,(H,22,26)(H,23,25,27)/t14-,20-/m0/s1. The zero-order valence-electron chi connectivity index (χ0n) is 15.8. The first-order chi connectivity index (χ1) is 13.5. The molecule has 2 heterocycles. The number of hydrogen-bond acceptors (Lipinski definition) is 4. The Bertz CT molecular complexity index is 1040. The molecule has 0 spiro atoms. The largest absolute Gasteiger partial charge is 0.343 e. The molecule has 0 aliphatic heterocycles. The molecule has 3 aromatic rings. The first kappa shape index (κ1) is 19.8. The zero-order valence-corrected chi connectivity index (χ0v) is 16.7. The number of H-pyrrole nitrogens is 1. The SMILES string of the molecule is CC[C@H](C)c1ccc([C@H](NC(=O)Cn2ccc(=O)[nH]c2=O)c2cccs2)cc1. The van der Waals surface area contributed by atoms with Crippen LogP contribution in [0.5, 0.6) is 0 Å². The van der Waals surface area contributed by atoms with E-state index in [2.05, 4.69) is 36.3 Å². The molecule has 2 atom stereocenters. The maximum Gasteiger partial charge on any atom is 0.328 e. The van der Waals surface area contributed by atoms with Crippen molar-refractivity contribution in [1.82, 2.24) is 14.9 Å². The lowest BCUT2D eigenvalue weighted by Gasteiger charge is -2.19. The molecule has 2 N–H and O–H groups in total. The summed E-state index contributed by atoms with van der Waals surface area (Å²) in [4.78, 5) is 38.8. The molecule has 1 aromatic carbocycles. The van der Waals surface area contributed by atoms with Crippen molar-refractivity contribution >= 4 is 17.2 Å². The van der Waals surface area contributed by atoms with Gasteiger partial charge >= 0.3 is 5.69 Å². The molecule has 1 amide bonds. The maximum absolute atomic E-state index is 12.6. The lowest BCUT2D eigenvalue weighted by molar-refractivity contribution is -0.122. The van der Waals surface area contributed by atoms with E-state index in [4.69, 9.17) is 0 Å². The van der Waals surface area contributed by atoms with Crippen LogP contribution in [-0.2, 0) is 11.3 Å². The van der Waals surface area contributed by atoms with Crippen LogP contribution in [0.15, 0.2) is 63.6 Å². The minimum absolute atomic E-state index is 0.164. The number of carbonyl (C=O) groups excluding carboxylic acids is 1. The number of rotatable bonds is 7. The highest BCUT2D eigenvalue weighted by Crippen LogP contribution is 2.28. The second kappa shape index (κ2) is 8.84. The highest BCUT2D eigenvalue weighted by atomic mass is 32.1. The molecule has 28 heavy (non-hydrogen) atoms. The van der Waals surface area contributed by atoms with Crippen LogP contribution in [-0.4, -0.2) is 15.5 Å². The maximum atomic E-state index is 12.6. The van der Waals surface area contributed by atoms with E-state index in [9.17, 15) is 14.4 Å². The van der Waals surface area contributed by atoms with Gasteiger partial charge in [0.05, 0.1) is 6.04 Å². The first-order valence-corrected chi connectivity index (χ1v) is 10.1. The van der Waals surface area contributed by atoms with Crippen LogP contribution in [0.3, 0.4) is 0 Å². The van der Waals surface area contributed by atoms with Crippen molar-refractivity contribution in [2.24, 2.45) is 0 Å². The Hall–Kier alpha value is -2.93. The Morgan fingerprint density at radius 2 is 1.86 bits per heavy atom. The molecule has 0 saturated heterocycles. The van der Waals surface area contributed by atoms with Crippen molar-refractivity contribution in [3.8, 4) is 0 Å². The van der Waals surface area contributed by atoms with Crippen LogP contribution in [0.1, 0.15) is 48.2 Å². The molecule has 0 bridgehead atoms. The van der Waals surface area contributed by atoms with E-state index < -0.39 is 11.2 Å². The van der Waals surface area contributed by atoms with Crippen LogP contribution >= 0.6 is 11.3 Å². The Labute approximate surface area is 166 Å². The van der Waals surface area contributed by atoms with Gasteiger partial charge in [0.15, 0.2) is 0 Å². The van der Waals surface area contributed by atoms with Crippen molar-refractivity contribution in [2.75, 3.05) is 0 Å². The van der Waals surface area contributed by atoms with Crippen molar-refractivity contribution in [3.05, 3.63) is 90.9 Å². The minimum atomic E-state index is -0.603. The normalized spacial score (nSPS) is 13.1. The highest BCUT2D eigenvalue weighted by Gasteiger charge is 2.19. The molecular formula is C21H23N3O3S. The lowest BCUT2D eigenvalue weighted by Crippen LogP contribution is -2.37. The van der Waals surface area contributed by atoms with Gasteiger partial charge in [-0.05, 0) is 34.9 Å². The minimum Gasteiger partial charge on any atom is -0.343 e. The monoisotopic (exact) mass is 397 g/mol. The summed E-state index contributed by atoms with van der Waals surface area (Å²) in [5.74, 6) is 0.175. The first-order valence-electron chi connectivity index (χ1n) is 9.20. The second-order valence-corrected chi connectivity index (χ2v) is 7.71. The predicted molar refractivity (Wildman–Crippen MR) is 111 cm³/mol. The number of benzene rings is 1. The van der Waals surface area contributed by atoms with Crippen molar-refractivity contribution in [3.63, 3.8) is 0 Å². The quantitative estimate of drug-likeness (QED) is 0.643. The van der Waals surface area contributed by atoms with Crippen LogP contribution in [0, 0.1) is 0 Å². The van der Waals surface area contributed by atoms with Gasteiger partial charge in [-0.15, -0.1) is 11.3 Å². The number of nitrogens with zero attached hydrogens (tertiary/aromatic N) is 1. The fourth-order valence-electron chi connectivity index (χ4n) is 2.96. The van der Waals surface area contributed by atoms with E-state index in [0.29, 0.717) is 5.92 Å². The second-order valence-electron chi connectivity index (χ2n) is 6.73. The van der Waals surface area contributed by atoms with Gasteiger partial charge in [0.25, 0.3) is 5.56 Å². The highest BCUT2D eigenvalue weighted by molar-refractivity contribution is 7.10. The van der Waals surface area contributed by atoms with E-state index >= 15 is 0 Å². The smallest absolute Gasteiger partial charge is 0.328 e. The Balaban J connectivity index is 1.82. The van der Waals surface area contributed by atoms with E-state index in [1.165, 1.54) is 22.4 Å². The summed E-state index contributed by atoms with van der Waals surface area (Å²) in [5.41, 5.74) is 1.16. The molecule has 6 nitrogen and oxygen atoms in total. The van der Waals surface area contributed by atoms with E-state index in [0.717, 1.165) is 16.9 Å². The number of aromatic nitrogens is 2. The molecule has 7 heteroatoms. The molecule has 0 fully saturated rings. The summed E-state index contributed by atoms with van der Waals surface area (Å²) in [6.45, 7) is 4.18. The van der Waals surface area contributed by atoms with Gasteiger partial charge in [0, 0.05) is 17.1 Å². The summed E-state index contributed by atoms with van der Waals surface area (Å²) in [6.07, 6.45) is 2.39. The molecule has 3 rings (SSSR count). The van der Waals surface area contributed by atoms with Crippen LogP contribution in [0.2, 0.25) is 0 Å². The molecule has 0 aliphatic rings. The number of nitrogens with one attached hydrogen (secondary N) is 2. The molecular weight excluding hydrogens is 374 g/mol. The number of amides is 1. The topological polar surface area (TPSA) is 84.0 Å². The third kappa shape index (κ3) is 4.67. The number of hydrogen-bond donors (Lipinski definition) is 2. The van der Waals surface area contributed by atoms with Crippen LogP contribution < -0.4 is 16.6 Å². The van der Waals surface area contributed by atoms with Crippen LogP contribution in [0.4, 0.5) is 0 Å². The van der Waals surface area contributed by atoms with E-state index in [1.807, 2.05) is 29.6 Å². The zero-order chi connectivity index (χ0) is 20.1. The van der Waals surface area contributed by atoms with Gasteiger partial charge in [0.2, 0.25) is 5.91 Å². The van der Waals surface area contributed by atoms with Gasteiger partial charge in [-0.1, -0.05) is 44.2 Å². The van der Waals surface area contributed by atoms with Gasteiger partial charge < -0.3 is 5.32 Å². The van der Waals surface area contributed by atoms with Crippen molar-refractivity contribution in [1.29, 1.82) is 0 Å². The molecule has 0 radical (unpaired) electrons. The van der Waals surface area contributed by atoms with Crippen molar-refractivity contribution in [2.45, 2.75) is 38.8 Å². The summed E-state index contributed by atoms with van der Waals surface area (Å²) in [5, 5.41) is 4.98. The summed E-state index contributed by atoms with van der Waals surface area (Å²) >= 11 is 1.56. The summed E-state index contributed by atoms with van der Waals surface area (Å²) in [7, 11) is 0. The van der Waals surface area contributed by atoms with Gasteiger partial charge in [-0.2, -0.15) is 0 Å². The predicted octanol–water partition coefficient (Wildman–Crippen LogP) is 3.02. The van der Waals surface area contributed by atoms with E-state index in [-0.39, 0.29) is 18.5 Å². The fourth-order valence-corrected chi connectivity index (χ4v) is 3.76. The number of aromatic amines is 1. The molecule has 2 aromatic heterocycles. The third-order valence-electron chi connectivity index (χ3n) is 4.80. The Morgan fingerprint density at radius 1 is 1.14 bits per heavy atom. The number of thiophene rings is 1. The summed E-state index contributed by atoms with van der Waals surface area (Å²) < 4.78 is 1.17. The lowest BCUT2D eigenvalue weighted by atomic mass is 9.95. The fraction of sp³-hybridized carbons (Fsp3) is 0.286. The average molecular weight is 398 g/mol. The van der Waals surface area contributed by atoms with Crippen LogP contribution in [0.25, 0.3) is 0 Å². The van der Waals surface area contributed by atoms with Gasteiger partial charge in [0.1, 0.15) is 6.54 Å². The Morgan fingerprint density at radius 3 is 2.46 bits per heavy atom. The Kier molecular flexibility index (Phi) is 6.26. The van der Waals surface area contributed by atoms with Crippen molar-refractivity contribution < 1.29 is 4.79 Å². The van der Waals surface area contributed by atoms with E-state index in [1.54, 1.807) is 11.3 Å². The molecule has 0 saturated carbocycles. The molecule has 0 aliphatic carbocycles. The summed E-state index contributed by atoms with van der Waals surface area (Å²) in [6, 6.07) is 13.1. The van der Waals surface area contributed by atoms with Gasteiger partial charge in [-0.3, -0.25) is 19.1 Å². The average Bonchev–Trinajstić information content (AvgIpc) is 3.22. The molecule has 0 unspecified atom stereocenters.